The van der Waals surface area contributed by atoms with Crippen LogP contribution in [0.2, 0.25) is 0 Å². The van der Waals surface area contributed by atoms with Crippen LogP contribution in [-0.2, 0) is 10.0 Å². The summed E-state index contributed by atoms with van der Waals surface area (Å²) in [4.78, 5) is 17.2. The zero-order valence-corrected chi connectivity index (χ0v) is 18.9. The first-order chi connectivity index (χ1) is 14.8. The van der Waals surface area contributed by atoms with Gasteiger partial charge in [-0.25, -0.2) is 17.7 Å². The molecule has 4 rings (SSSR count). The van der Waals surface area contributed by atoms with Crippen LogP contribution in [0, 0.1) is 5.92 Å². The van der Waals surface area contributed by atoms with Gasteiger partial charge in [0.1, 0.15) is 5.75 Å². The van der Waals surface area contributed by atoms with Crippen LogP contribution in [0.15, 0.2) is 58.8 Å². The van der Waals surface area contributed by atoms with Crippen LogP contribution in [0.4, 0.5) is 5.13 Å². The third-order valence-electron chi connectivity index (χ3n) is 4.95. The molecule has 0 saturated heterocycles. The first-order valence-electron chi connectivity index (χ1n) is 9.85. The Kier molecular flexibility index (Phi) is 6.08. The van der Waals surface area contributed by atoms with Crippen molar-refractivity contribution in [1.29, 1.82) is 0 Å². The maximum absolute atomic E-state index is 12.5. The van der Waals surface area contributed by atoms with Crippen LogP contribution >= 0.6 is 11.3 Å². The lowest BCUT2D eigenvalue weighted by Crippen LogP contribution is -2.22. The van der Waals surface area contributed by atoms with Crippen molar-refractivity contribution in [3.63, 3.8) is 0 Å². The molecule has 0 aliphatic heterocycles. The van der Waals surface area contributed by atoms with E-state index in [1.807, 2.05) is 5.38 Å². The van der Waals surface area contributed by atoms with Crippen LogP contribution in [-0.4, -0.2) is 44.3 Å². The topological polar surface area (TPSA) is 88.6 Å². The van der Waals surface area contributed by atoms with Crippen molar-refractivity contribution < 1.29 is 17.9 Å². The van der Waals surface area contributed by atoms with Crippen LogP contribution in [0.3, 0.4) is 0 Å². The molecule has 1 heterocycles. The van der Waals surface area contributed by atoms with Gasteiger partial charge in [0.25, 0.3) is 5.91 Å². The Morgan fingerprint density at radius 2 is 1.81 bits per heavy atom. The minimum absolute atomic E-state index is 0.217. The number of anilines is 1. The third-order valence-corrected chi connectivity index (χ3v) is 7.54. The molecule has 1 aliphatic carbocycles. The highest BCUT2D eigenvalue weighted by molar-refractivity contribution is 7.89. The van der Waals surface area contributed by atoms with E-state index in [4.69, 9.17) is 4.74 Å². The summed E-state index contributed by atoms with van der Waals surface area (Å²) in [7, 11) is -0.489. The second-order valence-electron chi connectivity index (χ2n) is 7.58. The number of amides is 1. The highest BCUT2D eigenvalue weighted by Crippen LogP contribution is 2.30. The van der Waals surface area contributed by atoms with Crippen LogP contribution in [0.1, 0.15) is 23.2 Å². The molecule has 0 unspecified atom stereocenters. The SMILES string of the molecule is CN(C)S(=O)(=O)c1ccc(-c2csc(NC(=O)c3ccc(OCC4CC4)cc3)n2)cc1. The molecule has 3 aromatic rings. The van der Waals surface area contributed by atoms with Crippen molar-refractivity contribution in [2.45, 2.75) is 17.7 Å². The fourth-order valence-electron chi connectivity index (χ4n) is 2.84. The molecule has 1 amide bonds. The van der Waals surface area contributed by atoms with Crippen LogP contribution in [0.25, 0.3) is 11.3 Å². The van der Waals surface area contributed by atoms with Gasteiger partial charge in [-0.3, -0.25) is 10.1 Å². The molecule has 1 aromatic heterocycles. The quantitative estimate of drug-likeness (QED) is 0.550. The second-order valence-corrected chi connectivity index (χ2v) is 10.6. The van der Waals surface area contributed by atoms with E-state index in [-0.39, 0.29) is 10.8 Å². The summed E-state index contributed by atoms with van der Waals surface area (Å²) in [5.41, 5.74) is 1.96. The lowest BCUT2D eigenvalue weighted by molar-refractivity contribution is 0.102. The molecule has 162 valence electrons. The van der Waals surface area contributed by atoms with Gasteiger partial charge < -0.3 is 4.74 Å². The number of rotatable bonds is 8. The number of ether oxygens (including phenoxy) is 1. The van der Waals surface area contributed by atoms with Gasteiger partial charge in [0.15, 0.2) is 5.13 Å². The molecule has 9 heteroatoms. The Morgan fingerprint density at radius 3 is 2.42 bits per heavy atom. The summed E-state index contributed by atoms with van der Waals surface area (Å²) in [6, 6.07) is 13.6. The average molecular weight is 458 g/mol. The summed E-state index contributed by atoms with van der Waals surface area (Å²) in [6.45, 7) is 0.732. The van der Waals surface area contributed by atoms with E-state index < -0.39 is 10.0 Å². The number of nitrogens with one attached hydrogen (secondary N) is 1. The Morgan fingerprint density at radius 1 is 1.13 bits per heavy atom. The Hall–Kier alpha value is -2.75. The monoisotopic (exact) mass is 457 g/mol. The van der Waals surface area contributed by atoms with Gasteiger partial charge in [-0.15, -0.1) is 11.3 Å². The first-order valence-corrected chi connectivity index (χ1v) is 12.2. The minimum atomic E-state index is -3.48. The van der Waals surface area contributed by atoms with Gasteiger partial charge in [-0.2, -0.15) is 0 Å². The number of thiazole rings is 1. The molecule has 31 heavy (non-hydrogen) atoms. The van der Waals surface area contributed by atoms with Gasteiger partial charge in [-0.05, 0) is 55.2 Å². The number of nitrogens with zero attached hydrogens (tertiary/aromatic N) is 2. The number of carbonyl (C=O) groups excluding carboxylic acids is 1. The summed E-state index contributed by atoms with van der Waals surface area (Å²) in [6.07, 6.45) is 2.46. The summed E-state index contributed by atoms with van der Waals surface area (Å²) >= 11 is 1.31. The van der Waals surface area contributed by atoms with Crippen molar-refractivity contribution in [1.82, 2.24) is 9.29 Å². The fraction of sp³-hybridized carbons (Fsp3) is 0.273. The van der Waals surface area contributed by atoms with Crippen molar-refractivity contribution in [3.8, 4) is 17.0 Å². The van der Waals surface area contributed by atoms with E-state index in [1.165, 1.54) is 42.6 Å². The normalized spacial score (nSPS) is 13.9. The molecule has 0 radical (unpaired) electrons. The van der Waals surface area contributed by atoms with Gasteiger partial charge >= 0.3 is 0 Å². The molecule has 0 bridgehead atoms. The first kappa shape index (κ1) is 21.5. The highest BCUT2D eigenvalue weighted by atomic mass is 32.2. The molecule has 1 aliphatic rings. The molecule has 1 saturated carbocycles. The van der Waals surface area contributed by atoms with Gasteiger partial charge in [0.2, 0.25) is 10.0 Å². The van der Waals surface area contributed by atoms with Crippen molar-refractivity contribution in [2.24, 2.45) is 5.92 Å². The lowest BCUT2D eigenvalue weighted by atomic mass is 10.2. The van der Waals surface area contributed by atoms with Gasteiger partial charge in [-0.1, -0.05) is 12.1 Å². The van der Waals surface area contributed by atoms with E-state index in [1.54, 1.807) is 48.5 Å². The van der Waals surface area contributed by atoms with Gasteiger partial charge in [0.05, 0.1) is 17.2 Å². The Balaban J connectivity index is 1.40. The maximum Gasteiger partial charge on any atom is 0.257 e. The third kappa shape index (κ3) is 5.12. The highest BCUT2D eigenvalue weighted by Gasteiger charge is 2.22. The second kappa shape index (κ2) is 8.78. The Bertz CT molecular complexity index is 1170. The number of hydrogen-bond donors (Lipinski definition) is 1. The molecule has 0 atom stereocenters. The number of sulfonamides is 1. The van der Waals surface area contributed by atoms with E-state index >= 15 is 0 Å². The number of hydrogen-bond acceptors (Lipinski definition) is 6. The van der Waals surface area contributed by atoms with E-state index in [0.717, 1.165) is 17.9 Å². The fourth-order valence-corrected chi connectivity index (χ4v) is 4.46. The zero-order valence-electron chi connectivity index (χ0n) is 17.2. The molecule has 7 nitrogen and oxygen atoms in total. The lowest BCUT2D eigenvalue weighted by Gasteiger charge is -2.11. The largest absolute Gasteiger partial charge is 0.493 e. The van der Waals surface area contributed by atoms with Crippen molar-refractivity contribution >= 4 is 32.4 Å². The Labute approximate surface area is 185 Å². The molecular formula is C22H23N3O4S2. The predicted octanol–water partition coefficient (Wildman–Crippen LogP) is 4.10. The maximum atomic E-state index is 12.5. The van der Waals surface area contributed by atoms with E-state index in [0.29, 0.717) is 22.3 Å². The molecule has 1 fully saturated rings. The van der Waals surface area contributed by atoms with E-state index in [9.17, 15) is 13.2 Å². The number of aromatic nitrogens is 1. The zero-order chi connectivity index (χ0) is 22.0. The smallest absolute Gasteiger partial charge is 0.257 e. The van der Waals surface area contributed by atoms with Crippen molar-refractivity contribution in [2.75, 3.05) is 26.0 Å². The minimum Gasteiger partial charge on any atom is -0.493 e. The van der Waals surface area contributed by atoms with Crippen LogP contribution in [0.5, 0.6) is 5.75 Å². The molecule has 0 spiro atoms. The summed E-state index contributed by atoms with van der Waals surface area (Å²) in [5, 5.41) is 5.09. The number of carbonyl (C=O) groups is 1. The molecule has 1 N–H and O–H groups in total. The van der Waals surface area contributed by atoms with E-state index in [2.05, 4.69) is 10.3 Å². The summed E-state index contributed by atoms with van der Waals surface area (Å²) < 4.78 is 31.2. The molecular weight excluding hydrogens is 434 g/mol. The van der Waals surface area contributed by atoms with Gasteiger partial charge in [0, 0.05) is 30.6 Å². The predicted molar refractivity (Wildman–Crippen MR) is 121 cm³/mol. The standard InChI is InChI=1S/C22H23N3O4S2/c1-25(2)31(27,28)19-11-7-16(8-12-19)20-14-30-22(23-20)24-21(26)17-5-9-18(10-6-17)29-13-15-3-4-15/h5-12,14-15H,3-4,13H2,1-2H3,(H,23,24,26). The number of benzene rings is 2. The van der Waals surface area contributed by atoms with Crippen molar-refractivity contribution in [3.05, 3.63) is 59.5 Å². The molecule has 2 aromatic carbocycles. The summed E-state index contributed by atoms with van der Waals surface area (Å²) in [5.74, 6) is 1.19. The van der Waals surface area contributed by atoms with Crippen LogP contribution < -0.4 is 10.1 Å². The average Bonchev–Trinajstić information content (AvgIpc) is 3.49.